The Hall–Kier alpha value is -7.42. The van der Waals surface area contributed by atoms with E-state index in [2.05, 4.69) is 249 Å². The summed E-state index contributed by atoms with van der Waals surface area (Å²) in [5, 5.41) is 2.57. The Balaban J connectivity index is 0.959. The summed E-state index contributed by atoms with van der Waals surface area (Å²) in [5.41, 5.74) is 20.7. The maximum atomic E-state index is 2.43. The number of nitrogens with zero attached hydrogens (tertiary/aromatic N) is 2. The van der Waals surface area contributed by atoms with Crippen LogP contribution in [0.4, 0.5) is 17.1 Å². The van der Waals surface area contributed by atoms with E-state index in [0.29, 0.717) is 5.92 Å². The lowest BCUT2D eigenvalue weighted by Gasteiger charge is -2.34. The number of aromatic nitrogens is 1. The zero-order valence-electron chi connectivity index (χ0n) is 36.4. The van der Waals surface area contributed by atoms with Crippen LogP contribution in [0, 0.1) is 19.8 Å². The molecule has 0 atom stereocenters. The van der Waals surface area contributed by atoms with Gasteiger partial charge in [-0.25, -0.2) is 0 Å². The number of fused-ring (bicyclic) bond motifs is 6. The predicted octanol–water partition coefficient (Wildman–Crippen LogP) is 16.1. The Labute approximate surface area is 371 Å². The molecule has 304 valence electrons. The minimum atomic E-state index is -0.411. The molecular weight excluding hydrogens is 761 g/mol. The molecule has 63 heavy (non-hydrogen) atoms. The summed E-state index contributed by atoms with van der Waals surface area (Å²) in [6, 6.07) is 79.1. The van der Waals surface area contributed by atoms with Crippen molar-refractivity contribution in [1.82, 2.24) is 4.57 Å². The molecule has 1 heterocycles. The summed E-state index contributed by atoms with van der Waals surface area (Å²) in [4.78, 5) is 2.37. The van der Waals surface area contributed by atoms with Crippen LogP contribution >= 0.6 is 0 Å². The van der Waals surface area contributed by atoms with E-state index in [1.165, 1.54) is 83.0 Å². The number of benzene rings is 9. The smallest absolute Gasteiger partial charge is 0.0713 e. The first-order valence-corrected chi connectivity index (χ1v) is 22.3. The van der Waals surface area contributed by atoms with Crippen LogP contribution in [0.25, 0.3) is 49.7 Å². The van der Waals surface area contributed by atoms with Crippen LogP contribution < -0.4 is 4.90 Å². The molecule has 0 saturated heterocycles. The van der Waals surface area contributed by atoms with E-state index in [4.69, 9.17) is 0 Å². The van der Waals surface area contributed by atoms with Gasteiger partial charge >= 0.3 is 0 Å². The average molecular weight is 811 g/mol. The van der Waals surface area contributed by atoms with Gasteiger partial charge < -0.3 is 9.47 Å². The second-order valence-corrected chi connectivity index (χ2v) is 17.8. The first-order chi connectivity index (χ1) is 30.9. The molecule has 0 saturated carbocycles. The molecule has 0 N–H and O–H groups in total. The van der Waals surface area contributed by atoms with Gasteiger partial charge in [0, 0.05) is 33.5 Å². The van der Waals surface area contributed by atoms with Gasteiger partial charge in [-0.2, -0.15) is 0 Å². The Morgan fingerprint density at radius 2 is 1.00 bits per heavy atom. The van der Waals surface area contributed by atoms with Gasteiger partial charge in [0.1, 0.15) is 0 Å². The molecule has 2 nitrogen and oxygen atoms in total. The number of hydrogen-bond donors (Lipinski definition) is 0. The Morgan fingerprint density at radius 1 is 0.444 bits per heavy atom. The van der Waals surface area contributed by atoms with Crippen LogP contribution in [0.3, 0.4) is 0 Å². The highest BCUT2D eigenvalue weighted by Crippen LogP contribution is 2.56. The Morgan fingerprint density at radius 3 is 1.63 bits per heavy atom. The SMILES string of the molecule is Cc1ccc(C2(c3ccc(-c4ccc(N(c5ccc(-n6c7ccccc7c7ccc(CC(C)C)cc76)cc5)c5cccc(C)c5)cc4)cc3)c3ccccc3-c3ccccc32)cc1. The van der Waals surface area contributed by atoms with Crippen LogP contribution in [-0.2, 0) is 11.8 Å². The van der Waals surface area contributed by atoms with Crippen LogP contribution in [0.15, 0.2) is 212 Å². The van der Waals surface area contributed by atoms with Crippen LogP contribution in [0.5, 0.6) is 0 Å². The van der Waals surface area contributed by atoms with E-state index in [1.807, 2.05) is 0 Å². The van der Waals surface area contributed by atoms with Crippen molar-refractivity contribution in [2.24, 2.45) is 5.92 Å². The number of aryl methyl sites for hydroxylation is 2. The fraction of sp³-hybridized carbons (Fsp3) is 0.115. The van der Waals surface area contributed by atoms with Crippen molar-refractivity contribution in [3.63, 3.8) is 0 Å². The molecule has 1 aliphatic rings. The van der Waals surface area contributed by atoms with Gasteiger partial charge in [0.25, 0.3) is 0 Å². The van der Waals surface area contributed by atoms with Gasteiger partial charge in [0.2, 0.25) is 0 Å². The molecule has 2 heteroatoms. The largest absolute Gasteiger partial charge is 0.310 e. The molecule has 10 aromatic rings. The third-order valence-electron chi connectivity index (χ3n) is 13.2. The van der Waals surface area contributed by atoms with Crippen molar-refractivity contribution >= 4 is 38.9 Å². The maximum absolute atomic E-state index is 2.43. The molecular formula is C61H50N2. The van der Waals surface area contributed by atoms with Gasteiger partial charge in [-0.3, -0.25) is 0 Å². The molecule has 0 fully saturated rings. The number of rotatable bonds is 9. The van der Waals surface area contributed by atoms with Gasteiger partial charge in [0.15, 0.2) is 0 Å². The Bertz CT molecular complexity index is 3230. The van der Waals surface area contributed by atoms with Gasteiger partial charge in [0.05, 0.1) is 16.4 Å². The van der Waals surface area contributed by atoms with E-state index >= 15 is 0 Å². The normalized spacial score (nSPS) is 12.8. The van der Waals surface area contributed by atoms with E-state index < -0.39 is 5.41 Å². The quantitative estimate of drug-likeness (QED) is 0.141. The predicted molar refractivity (Wildman–Crippen MR) is 266 cm³/mol. The summed E-state index contributed by atoms with van der Waals surface area (Å²) in [6.07, 6.45) is 1.06. The molecule has 0 radical (unpaired) electrons. The molecule has 0 aliphatic heterocycles. The highest BCUT2D eigenvalue weighted by atomic mass is 15.1. The molecule has 1 aromatic heterocycles. The molecule has 0 bridgehead atoms. The van der Waals surface area contributed by atoms with Gasteiger partial charge in [-0.05, 0) is 142 Å². The van der Waals surface area contributed by atoms with E-state index in [-0.39, 0.29) is 0 Å². The van der Waals surface area contributed by atoms with Crippen molar-refractivity contribution in [2.75, 3.05) is 4.90 Å². The lowest BCUT2D eigenvalue weighted by molar-refractivity contribution is 0.647. The fourth-order valence-electron chi connectivity index (χ4n) is 10.4. The molecule has 9 aromatic carbocycles. The standard InChI is InChI=1S/C61H50N2/c1-41(2)38-44-22-37-56-55-16-7-10-19-59(55)63(60(56)40-44)51-35-33-50(34-36-51)62(52-13-11-12-43(4)39-52)49-31-25-46(26-32-49)45-23-29-48(30-24-45)61(47-27-20-42(3)21-28-47)57-17-8-5-14-53(57)54-15-6-9-18-58(54)61/h5-37,39-41H,38H2,1-4H3. The maximum Gasteiger partial charge on any atom is 0.0713 e. The topological polar surface area (TPSA) is 8.17 Å². The Kier molecular flexibility index (Phi) is 9.46. The van der Waals surface area contributed by atoms with Crippen LogP contribution in [-0.4, -0.2) is 4.57 Å². The summed E-state index contributed by atoms with van der Waals surface area (Å²) < 4.78 is 2.43. The molecule has 0 amide bonds. The third kappa shape index (κ3) is 6.48. The minimum absolute atomic E-state index is 0.411. The monoisotopic (exact) mass is 810 g/mol. The van der Waals surface area contributed by atoms with Crippen molar-refractivity contribution < 1.29 is 0 Å². The van der Waals surface area contributed by atoms with Gasteiger partial charge in [-0.15, -0.1) is 0 Å². The summed E-state index contributed by atoms with van der Waals surface area (Å²) in [5.74, 6) is 0.595. The summed E-state index contributed by atoms with van der Waals surface area (Å²) >= 11 is 0. The fourth-order valence-corrected chi connectivity index (χ4v) is 10.4. The lowest BCUT2D eigenvalue weighted by Crippen LogP contribution is -2.28. The van der Waals surface area contributed by atoms with Crippen molar-refractivity contribution in [3.05, 3.63) is 251 Å². The first kappa shape index (κ1) is 38.5. The number of hydrogen-bond acceptors (Lipinski definition) is 1. The second-order valence-electron chi connectivity index (χ2n) is 17.8. The van der Waals surface area contributed by atoms with Gasteiger partial charge in [-0.1, -0.05) is 171 Å². The van der Waals surface area contributed by atoms with E-state index in [1.54, 1.807) is 0 Å². The molecule has 0 unspecified atom stereocenters. The summed E-state index contributed by atoms with van der Waals surface area (Å²) in [6.45, 7) is 8.92. The van der Waals surface area contributed by atoms with Crippen LogP contribution in [0.2, 0.25) is 0 Å². The molecule has 11 rings (SSSR count). The summed E-state index contributed by atoms with van der Waals surface area (Å²) in [7, 11) is 0. The first-order valence-electron chi connectivity index (χ1n) is 22.3. The van der Waals surface area contributed by atoms with Crippen LogP contribution in [0.1, 0.15) is 52.8 Å². The molecule has 0 spiro atoms. The van der Waals surface area contributed by atoms with E-state index in [0.717, 1.165) is 29.2 Å². The van der Waals surface area contributed by atoms with E-state index in [9.17, 15) is 0 Å². The van der Waals surface area contributed by atoms with Crippen molar-refractivity contribution in [1.29, 1.82) is 0 Å². The highest BCUT2D eigenvalue weighted by Gasteiger charge is 2.45. The zero-order chi connectivity index (χ0) is 42.7. The zero-order valence-corrected chi connectivity index (χ0v) is 36.4. The lowest BCUT2D eigenvalue weighted by atomic mass is 9.67. The highest BCUT2D eigenvalue weighted by molar-refractivity contribution is 6.09. The van der Waals surface area contributed by atoms with Crippen molar-refractivity contribution in [2.45, 2.75) is 39.5 Å². The number of para-hydroxylation sites is 1. The minimum Gasteiger partial charge on any atom is -0.310 e. The third-order valence-corrected chi connectivity index (χ3v) is 13.2. The van der Waals surface area contributed by atoms with Crippen molar-refractivity contribution in [3.8, 4) is 27.9 Å². The second kappa shape index (κ2) is 15.5. The average Bonchev–Trinajstić information content (AvgIpc) is 3.80. The molecule has 1 aliphatic carbocycles. The number of anilines is 3.